The minimum atomic E-state index is -2.39. The van der Waals surface area contributed by atoms with E-state index in [0.717, 1.165) is 0 Å². The summed E-state index contributed by atoms with van der Waals surface area (Å²) >= 11 is 0. The van der Waals surface area contributed by atoms with Crippen LogP contribution in [0, 0.1) is 0 Å². The number of ketones is 2. The molecule has 0 saturated heterocycles. The SMILES string of the molecule is [2H]C([2H])([2H])[S+](CCC(NC(=O)CC)C(=O)NC[13C](=O)[13c]1[13cH][13cH][13cH][13cH][13cH]1)CC(=O)c1ccccc1. The Morgan fingerprint density at radius 3 is 2.06 bits per heavy atom. The van der Waals surface area contributed by atoms with Gasteiger partial charge in [0.2, 0.25) is 17.6 Å². The monoisotopic (exact) mass is 451 g/mol. The number of nitrogens with one attached hydrogen (secondary N) is 2. The molecule has 0 radical (unpaired) electrons. The highest BCUT2D eigenvalue weighted by atomic mass is 32.2. The zero-order valence-corrected chi connectivity index (χ0v) is 18.2. The van der Waals surface area contributed by atoms with Crippen molar-refractivity contribution in [2.45, 2.75) is 25.8 Å². The van der Waals surface area contributed by atoms with Gasteiger partial charge in [0, 0.05) is 24.0 Å². The van der Waals surface area contributed by atoms with Crippen LogP contribution < -0.4 is 10.6 Å². The van der Waals surface area contributed by atoms with Gasteiger partial charge < -0.3 is 10.6 Å². The normalized spacial score (nSPS) is 14.3. The summed E-state index contributed by atoms with van der Waals surface area (Å²) < 4.78 is 23.6. The molecule has 0 bridgehead atoms. The van der Waals surface area contributed by atoms with Crippen molar-refractivity contribution in [2.24, 2.45) is 0 Å². The highest BCUT2D eigenvalue weighted by Gasteiger charge is 2.25. The third kappa shape index (κ3) is 8.38. The smallest absolute Gasteiger partial charge is 0.243 e. The van der Waals surface area contributed by atoms with E-state index in [4.69, 9.17) is 4.11 Å². The summed E-state index contributed by atoms with van der Waals surface area (Å²) in [5, 5.41) is 5.13. The first kappa shape index (κ1) is 20.0. The van der Waals surface area contributed by atoms with E-state index >= 15 is 0 Å². The molecule has 0 heterocycles. The van der Waals surface area contributed by atoms with Crippen LogP contribution in [0.2, 0.25) is 0 Å². The molecule has 2 N–H and O–H groups in total. The molecule has 7 heteroatoms. The molecule has 2 amide bonds. The van der Waals surface area contributed by atoms with Crippen molar-refractivity contribution in [1.29, 1.82) is 0 Å². The highest BCUT2D eigenvalue weighted by Crippen LogP contribution is 2.07. The van der Waals surface area contributed by atoms with E-state index in [9.17, 15) is 19.2 Å². The van der Waals surface area contributed by atoms with Crippen molar-refractivity contribution in [3.63, 3.8) is 0 Å². The van der Waals surface area contributed by atoms with Crippen LogP contribution in [0.15, 0.2) is 60.7 Å². The maximum Gasteiger partial charge on any atom is 0.243 e. The molecule has 164 valence electrons. The third-order valence-electron chi connectivity index (χ3n) is 4.55. The summed E-state index contributed by atoms with van der Waals surface area (Å²) in [6, 6.07) is 15.9. The van der Waals surface area contributed by atoms with Crippen molar-refractivity contribution < 1.29 is 23.3 Å². The summed E-state index contributed by atoms with van der Waals surface area (Å²) in [5.41, 5.74) is 0.873. The molecule has 0 aliphatic carbocycles. The number of hydrogen-bond donors (Lipinski definition) is 2. The first-order valence-corrected chi connectivity index (χ1v) is 11.6. The van der Waals surface area contributed by atoms with Gasteiger partial charge in [0.05, 0.1) is 16.8 Å². The van der Waals surface area contributed by atoms with Gasteiger partial charge in [-0.05, 0) is 10.9 Å². The second kappa shape index (κ2) is 12.7. The highest BCUT2D eigenvalue weighted by molar-refractivity contribution is 7.96. The van der Waals surface area contributed by atoms with Gasteiger partial charge in [-0.3, -0.25) is 19.2 Å². The van der Waals surface area contributed by atoms with Crippen LogP contribution in [0.5, 0.6) is 0 Å². The Morgan fingerprint density at radius 2 is 1.52 bits per heavy atom. The summed E-state index contributed by atoms with van der Waals surface area (Å²) in [7, 11) is -1.32. The van der Waals surface area contributed by atoms with Crippen LogP contribution in [0.25, 0.3) is 0 Å². The van der Waals surface area contributed by atoms with Crippen LogP contribution in [-0.2, 0) is 20.5 Å². The van der Waals surface area contributed by atoms with Gasteiger partial charge in [0.25, 0.3) is 0 Å². The zero-order chi connectivity index (χ0) is 25.1. The van der Waals surface area contributed by atoms with Gasteiger partial charge in [-0.15, -0.1) is 0 Å². The molecule has 2 aromatic carbocycles. The second-order valence-corrected chi connectivity index (χ2v) is 8.58. The van der Waals surface area contributed by atoms with Crippen molar-refractivity contribution in [3.8, 4) is 0 Å². The topological polar surface area (TPSA) is 92.3 Å². The largest absolute Gasteiger partial charge is 0.347 e. The van der Waals surface area contributed by atoms with Crippen LogP contribution >= 0.6 is 0 Å². The fourth-order valence-corrected chi connectivity index (χ4v) is 3.93. The predicted octanol–water partition coefficient (Wildman–Crippen LogP) is 2.40. The van der Waals surface area contributed by atoms with Gasteiger partial charge in [-0.2, -0.15) is 0 Å². The summed E-state index contributed by atoms with van der Waals surface area (Å²) in [6.07, 6.45) is -2.21. The fraction of sp³-hybridized carbons (Fsp3) is 0.333. The fourth-order valence-electron chi connectivity index (χ4n) is 2.78. The van der Waals surface area contributed by atoms with E-state index in [-0.39, 0.29) is 48.4 Å². The molecule has 2 atom stereocenters. The van der Waals surface area contributed by atoms with Gasteiger partial charge in [-0.1, -0.05) is 67.6 Å². The first-order valence-electron chi connectivity index (χ1n) is 11.5. The molecule has 6 nitrogen and oxygen atoms in total. The first-order chi connectivity index (χ1) is 16.1. The standard InChI is InChI=1S/C24H28N2O4S/c1-3-23(29)26-20(24(30)25-16-21(27)18-10-6-4-7-11-18)14-15-31(2)17-22(28)19-12-8-5-9-13-19/h4-13,20H,3,14-17H2,1-2H3,(H-,25,26,29,30)/p+1/i2D3,4+1,6+1,7+1,10+1,11+1,18+1,21+1. The van der Waals surface area contributed by atoms with Gasteiger partial charge in [-0.25, -0.2) is 0 Å². The van der Waals surface area contributed by atoms with Crippen molar-refractivity contribution in [1.82, 2.24) is 10.6 Å². The van der Waals surface area contributed by atoms with Crippen molar-refractivity contribution in [3.05, 3.63) is 71.8 Å². The second-order valence-electron chi connectivity index (χ2n) is 6.90. The minimum Gasteiger partial charge on any atom is -0.347 e. The molecule has 2 aromatic rings. The average molecular weight is 452 g/mol. The summed E-state index contributed by atoms with van der Waals surface area (Å²) in [6.45, 7) is 1.38. The molecular formula is C24H29N2O4S+. The zero-order valence-electron chi connectivity index (χ0n) is 20.4. The quantitative estimate of drug-likeness (QED) is 0.295. The molecule has 0 aromatic heterocycles. The van der Waals surface area contributed by atoms with Gasteiger partial charge in [0.1, 0.15) is 11.8 Å². The maximum absolute atomic E-state index is 12.8. The van der Waals surface area contributed by atoms with E-state index in [1.54, 1.807) is 67.6 Å². The number of benzene rings is 2. The molecule has 31 heavy (non-hydrogen) atoms. The lowest BCUT2D eigenvalue weighted by Gasteiger charge is -2.17. The Morgan fingerprint density at radius 1 is 0.935 bits per heavy atom. The molecule has 0 saturated carbocycles. The van der Waals surface area contributed by atoms with Crippen molar-refractivity contribution >= 4 is 34.3 Å². The number of carbonyl (C=O) groups is 4. The molecule has 2 unspecified atom stereocenters. The number of amides is 2. The van der Waals surface area contributed by atoms with Gasteiger partial charge >= 0.3 is 0 Å². The summed E-state index contributed by atoms with van der Waals surface area (Å²) in [4.78, 5) is 49.6. The van der Waals surface area contributed by atoms with Crippen LogP contribution in [0.1, 0.15) is 44.6 Å². The number of hydrogen-bond acceptors (Lipinski definition) is 4. The Labute approximate surface area is 190 Å². The molecule has 2 rings (SSSR count). The molecule has 0 spiro atoms. The number of carbonyl (C=O) groups excluding carboxylic acids is 4. The van der Waals surface area contributed by atoms with Crippen molar-refractivity contribution in [2.75, 3.05) is 24.2 Å². The Kier molecular flexibility index (Phi) is 8.19. The molecular weight excluding hydrogens is 419 g/mol. The van der Waals surface area contributed by atoms with E-state index in [0.29, 0.717) is 11.1 Å². The van der Waals surface area contributed by atoms with E-state index < -0.39 is 29.0 Å². The van der Waals surface area contributed by atoms with Crippen LogP contribution in [0.4, 0.5) is 0 Å². The Bertz CT molecular complexity index is 985. The van der Waals surface area contributed by atoms with E-state index in [1.165, 1.54) is 0 Å². The lowest BCUT2D eigenvalue weighted by atomic mass is 10.2. The molecule has 0 aliphatic heterocycles. The minimum absolute atomic E-state index is 0.0284. The third-order valence-corrected chi connectivity index (χ3v) is 5.88. The summed E-state index contributed by atoms with van der Waals surface area (Å²) in [5.74, 6) is -1.65. The Hall–Kier alpha value is -2.93. The van der Waals surface area contributed by atoms with Crippen LogP contribution in [0.3, 0.4) is 0 Å². The number of rotatable bonds is 12. The average Bonchev–Trinajstić information content (AvgIpc) is 2.83. The Balaban J connectivity index is 2.05. The van der Waals surface area contributed by atoms with E-state index in [2.05, 4.69) is 10.6 Å². The van der Waals surface area contributed by atoms with Gasteiger partial charge in [0.15, 0.2) is 11.5 Å². The van der Waals surface area contributed by atoms with E-state index in [1.807, 2.05) is 0 Å². The lowest BCUT2D eigenvalue weighted by Crippen LogP contribution is -2.48. The van der Waals surface area contributed by atoms with Crippen LogP contribution in [-0.4, -0.2) is 53.7 Å². The lowest BCUT2D eigenvalue weighted by molar-refractivity contribution is -0.128. The maximum atomic E-state index is 12.8. The molecule has 0 fully saturated rings. The number of Topliss-reactive ketones (excluding diaryl/α,β-unsaturated/α-hetero) is 2. The molecule has 0 aliphatic rings. The predicted molar refractivity (Wildman–Crippen MR) is 124 cm³/mol.